The molecule has 0 fully saturated rings. The van der Waals surface area contributed by atoms with E-state index in [0.29, 0.717) is 0 Å². The van der Waals surface area contributed by atoms with Crippen LogP contribution in [0.3, 0.4) is 0 Å². The fourth-order valence-corrected chi connectivity index (χ4v) is 16.7. The summed E-state index contributed by atoms with van der Waals surface area (Å²) in [5.74, 6) is 0. The Labute approximate surface area is 225 Å². The van der Waals surface area contributed by atoms with Gasteiger partial charge in [0.2, 0.25) is 0 Å². The monoisotopic (exact) mass is 588 g/mol. The third-order valence-electron chi connectivity index (χ3n) is 7.68. The van der Waals surface area contributed by atoms with Gasteiger partial charge in [-0.25, -0.2) is 0 Å². The van der Waals surface area contributed by atoms with E-state index in [2.05, 4.69) is 6.92 Å². The van der Waals surface area contributed by atoms with E-state index in [0.717, 1.165) is 37.4 Å². The molecule has 0 bridgehead atoms. The maximum atomic E-state index is 5.71. The van der Waals surface area contributed by atoms with Gasteiger partial charge in [0.25, 0.3) is 0 Å². The molecule has 36 heavy (non-hydrogen) atoms. The van der Waals surface area contributed by atoms with Crippen LogP contribution in [-0.2, 0) is 39.8 Å². The van der Waals surface area contributed by atoms with Crippen LogP contribution in [-0.4, -0.2) is 98.5 Å². The van der Waals surface area contributed by atoms with E-state index in [4.69, 9.17) is 39.8 Å². The van der Waals surface area contributed by atoms with E-state index in [-0.39, 0.29) is 0 Å². The first-order chi connectivity index (χ1) is 17.2. The number of hydrogen-bond acceptors (Lipinski definition) is 9. The van der Waals surface area contributed by atoms with E-state index < -0.39 is 34.5 Å². The molecular weight excluding hydrogens is 533 g/mol. The Morgan fingerprint density at radius 3 is 0.806 bits per heavy atom. The molecule has 0 unspecified atom stereocenters. The van der Waals surface area contributed by atoms with Gasteiger partial charge in [-0.3, -0.25) is 0 Å². The van der Waals surface area contributed by atoms with Gasteiger partial charge in [0.1, 0.15) is 0 Å². The van der Waals surface area contributed by atoms with Crippen molar-refractivity contribution in [2.45, 2.75) is 87.8 Å². The van der Waals surface area contributed by atoms with Gasteiger partial charge in [-0.05, 0) is 0 Å². The average molecular weight is 589 g/mol. The summed E-state index contributed by atoms with van der Waals surface area (Å²) < 4.78 is 51.4. The second kappa shape index (κ2) is 19.5. The Balaban J connectivity index is 5.74. The van der Waals surface area contributed by atoms with Crippen molar-refractivity contribution in [2.75, 3.05) is 64.0 Å². The highest BCUT2D eigenvalue weighted by molar-refractivity contribution is 6.80. The Hall–Kier alpha value is 0.508. The van der Waals surface area contributed by atoms with E-state index in [1.165, 1.54) is 43.4 Å². The van der Waals surface area contributed by atoms with Crippen LogP contribution in [0.15, 0.2) is 0 Å². The van der Waals surface area contributed by atoms with Crippen molar-refractivity contribution in [3.8, 4) is 0 Å². The summed E-state index contributed by atoms with van der Waals surface area (Å²) in [6, 6.07) is 7.45. The summed E-state index contributed by atoms with van der Waals surface area (Å²) >= 11 is 0. The molecule has 13 heteroatoms. The molecule has 0 aliphatic heterocycles. The SMILES string of the molecule is CCCCC[Si](CCC[Si](OC)(OC)OC)(CCC[Si](OC)(OC)OC)CCC[Si](OC)(OC)OC. The molecule has 0 spiro atoms. The van der Waals surface area contributed by atoms with Crippen LogP contribution in [0.2, 0.25) is 42.3 Å². The summed E-state index contributed by atoms with van der Waals surface area (Å²) in [6.45, 7) is 2.27. The molecule has 0 aliphatic rings. The molecule has 0 aromatic carbocycles. The first-order valence-electron chi connectivity index (χ1n) is 13.2. The van der Waals surface area contributed by atoms with Gasteiger partial charge >= 0.3 is 26.4 Å². The Morgan fingerprint density at radius 1 is 0.333 bits per heavy atom. The normalized spacial score (nSPS) is 13.5. The minimum absolute atomic E-state index is 0.832. The molecular formula is C23H56O9Si4. The smallest absolute Gasteiger partial charge is 0.377 e. The van der Waals surface area contributed by atoms with E-state index in [9.17, 15) is 0 Å². The number of unbranched alkanes of at least 4 members (excludes halogenated alkanes) is 2. The number of hydrogen-bond donors (Lipinski definition) is 0. The molecule has 0 aromatic rings. The topological polar surface area (TPSA) is 83.1 Å². The van der Waals surface area contributed by atoms with Gasteiger partial charge in [-0.15, -0.1) is 0 Å². The van der Waals surface area contributed by atoms with Gasteiger partial charge < -0.3 is 39.8 Å². The highest BCUT2D eigenvalue weighted by Gasteiger charge is 2.43. The van der Waals surface area contributed by atoms with Crippen molar-refractivity contribution in [1.82, 2.24) is 0 Å². The minimum Gasteiger partial charge on any atom is -0.377 e. The van der Waals surface area contributed by atoms with Crippen LogP contribution < -0.4 is 0 Å². The van der Waals surface area contributed by atoms with Crippen molar-refractivity contribution in [3.63, 3.8) is 0 Å². The van der Waals surface area contributed by atoms with Crippen molar-refractivity contribution >= 4 is 34.5 Å². The maximum Gasteiger partial charge on any atom is 0.500 e. The first kappa shape index (κ1) is 36.5. The van der Waals surface area contributed by atoms with Gasteiger partial charge in [0.15, 0.2) is 0 Å². The van der Waals surface area contributed by atoms with Gasteiger partial charge in [0, 0.05) is 82.1 Å². The van der Waals surface area contributed by atoms with Gasteiger partial charge in [-0.1, -0.05) is 69.6 Å². The molecule has 218 valence electrons. The molecule has 0 saturated heterocycles. The van der Waals surface area contributed by atoms with Gasteiger partial charge in [-0.2, -0.15) is 0 Å². The maximum absolute atomic E-state index is 5.71. The fourth-order valence-electron chi connectivity index (χ4n) is 5.21. The van der Waals surface area contributed by atoms with E-state index >= 15 is 0 Å². The Morgan fingerprint density at radius 2 is 0.583 bits per heavy atom. The Kier molecular flexibility index (Phi) is 19.8. The molecule has 0 aliphatic carbocycles. The van der Waals surface area contributed by atoms with Crippen LogP contribution in [0.5, 0.6) is 0 Å². The van der Waals surface area contributed by atoms with Crippen LogP contribution in [0.25, 0.3) is 0 Å². The summed E-state index contributed by atoms with van der Waals surface area (Å²) in [7, 11) is 5.78. The summed E-state index contributed by atoms with van der Waals surface area (Å²) in [4.78, 5) is 0. The van der Waals surface area contributed by atoms with Crippen LogP contribution in [0.4, 0.5) is 0 Å². The third-order valence-corrected chi connectivity index (χ3v) is 21.8. The predicted octanol–water partition coefficient (Wildman–Crippen LogP) is 5.43. The molecule has 0 heterocycles. The Bertz CT molecular complexity index is 444. The van der Waals surface area contributed by atoms with Gasteiger partial charge in [0.05, 0.1) is 8.07 Å². The number of rotatable bonds is 25. The lowest BCUT2D eigenvalue weighted by Crippen LogP contribution is -2.45. The lowest BCUT2D eigenvalue weighted by molar-refractivity contribution is 0.123. The quantitative estimate of drug-likeness (QED) is 0.102. The molecule has 0 N–H and O–H groups in total. The molecule has 9 nitrogen and oxygen atoms in total. The zero-order chi connectivity index (χ0) is 27.6. The lowest BCUT2D eigenvalue weighted by atomic mass is 10.3. The third kappa shape index (κ3) is 11.7. The zero-order valence-corrected chi connectivity index (χ0v) is 28.9. The van der Waals surface area contributed by atoms with Crippen LogP contribution in [0, 0.1) is 0 Å². The molecule has 0 saturated carbocycles. The minimum atomic E-state index is -2.60. The van der Waals surface area contributed by atoms with Crippen molar-refractivity contribution in [2.24, 2.45) is 0 Å². The standard InChI is InChI=1S/C23H56O9Si4/c1-11-12-13-17-33(18-14-21-34(24-2,25-3)26-4,19-15-22-35(27-5,28-6)29-7)20-16-23-36(30-8,31-9)32-10/h11-23H2,1-10H3. The van der Waals surface area contributed by atoms with E-state index in [1.807, 2.05) is 0 Å². The molecule has 0 aromatic heterocycles. The summed E-state index contributed by atoms with van der Waals surface area (Å²) in [5.41, 5.74) is 0. The van der Waals surface area contributed by atoms with Crippen molar-refractivity contribution in [3.05, 3.63) is 0 Å². The van der Waals surface area contributed by atoms with E-state index in [1.54, 1.807) is 64.0 Å². The molecule has 0 amide bonds. The highest BCUT2D eigenvalue weighted by atomic mass is 28.4. The second-order valence-electron chi connectivity index (χ2n) is 9.40. The van der Waals surface area contributed by atoms with Crippen LogP contribution >= 0.6 is 0 Å². The van der Waals surface area contributed by atoms with Crippen molar-refractivity contribution < 1.29 is 39.8 Å². The first-order valence-corrected chi connectivity index (χ1v) is 21.8. The largest absolute Gasteiger partial charge is 0.500 e. The van der Waals surface area contributed by atoms with Crippen LogP contribution in [0.1, 0.15) is 45.4 Å². The molecule has 0 rings (SSSR count). The summed E-state index contributed by atoms with van der Waals surface area (Å²) in [5, 5.41) is 0. The highest BCUT2D eigenvalue weighted by Crippen LogP contribution is 2.37. The van der Waals surface area contributed by atoms with Crippen molar-refractivity contribution in [1.29, 1.82) is 0 Å². The molecule has 0 atom stereocenters. The predicted molar refractivity (Wildman–Crippen MR) is 153 cm³/mol. The zero-order valence-electron chi connectivity index (χ0n) is 24.9. The summed E-state index contributed by atoms with van der Waals surface area (Å²) in [6.07, 6.45) is 6.89. The molecule has 0 radical (unpaired) electrons. The average Bonchev–Trinajstić information content (AvgIpc) is 2.92. The second-order valence-corrected chi connectivity index (χ2v) is 23.7. The fraction of sp³-hybridized carbons (Fsp3) is 1.00. The lowest BCUT2D eigenvalue weighted by Gasteiger charge is -2.35.